The molecule has 0 bridgehead atoms. The number of nitrogens with two attached hydrogens (primary N) is 1. The van der Waals surface area contributed by atoms with E-state index in [-0.39, 0.29) is 35.9 Å². The zero-order chi connectivity index (χ0) is 27.4. The van der Waals surface area contributed by atoms with Gasteiger partial charge in [-0.3, -0.25) is 19.4 Å². The minimum Gasteiger partial charge on any atom is -0.508 e. The van der Waals surface area contributed by atoms with E-state index >= 15 is 0 Å². The van der Waals surface area contributed by atoms with Crippen LogP contribution in [0.3, 0.4) is 0 Å². The summed E-state index contributed by atoms with van der Waals surface area (Å²) in [5, 5.41) is 22.2. The summed E-state index contributed by atoms with van der Waals surface area (Å²) in [5.74, 6) is 0.274. The molecule has 8 nitrogen and oxygen atoms in total. The summed E-state index contributed by atoms with van der Waals surface area (Å²) in [6.45, 7) is 7.62. The molecule has 4 N–H and O–H groups in total. The van der Waals surface area contributed by atoms with Gasteiger partial charge >= 0.3 is 6.03 Å². The molecule has 8 heteroatoms. The maximum Gasteiger partial charge on any atom is 0.321 e. The third kappa shape index (κ3) is 4.56. The lowest BCUT2D eigenvalue weighted by Gasteiger charge is -2.56. The fourth-order valence-electron chi connectivity index (χ4n) is 7.88. The second kappa shape index (κ2) is 9.79. The molecule has 3 aliphatic carbocycles. The van der Waals surface area contributed by atoms with E-state index in [0.29, 0.717) is 36.7 Å². The number of rotatable bonds is 8. The highest BCUT2D eigenvalue weighted by Gasteiger charge is 2.71. The van der Waals surface area contributed by atoms with E-state index in [1.807, 2.05) is 0 Å². The summed E-state index contributed by atoms with van der Waals surface area (Å²) in [4.78, 5) is 42.2. The smallest absolute Gasteiger partial charge is 0.321 e. The van der Waals surface area contributed by atoms with Gasteiger partial charge in [-0.1, -0.05) is 31.6 Å². The zero-order valence-corrected chi connectivity index (χ0v) is 22.7. The first kappa shape index (κ1) is 26.9. The molecule has 0 spiro atoms. The van der Waals surface area contributed by atoms with Crippen molar-refractivity contribution in [3.8, 4) is 5.75 Å². The van der Waals surface area contributed by atoms with Crippen LogP contribution in [-0.4, -0.2) is 62.5 Å². The van der Waals surface area contributed by atoms with Gasteiger partial charge in [0.05, 0.1) is 12.1 Å². The molecule has 5 rings (SSSR count). The zero-order valence-electron chi connectivity index (χ0n) is 22.7. The van der Waals surface area contributed by atoms with Crippen molar-refractivity contribution in [1.29, 1.82) is 0 Å². The lowest BCUT2D eigenvalue weighted by molar-refractivity contribution is -0.160. The topological polar surface area (TPSA) is 124 Å². The summed E-state index contributed by atoms with van der Waals surface area (Å²) in [7, 11) is 0. The van der Waals surface area contributed by atoms with Crippen molar-refractivity contribution >= 4 is 17.7 Å². The van der Waals surface area contributed by atoms with Gasteiger partial charge in [-0.25, -0.2) is 4.79 Å². The van der Waals surface area contributed by atoms with Gasteiger partial charge in [0.25, 0.3) is 0 Å². The number of urea groups is 1. The van der Waals surface area contributed by atoms with Crippen molar-refractivity contribution in [1.82, 2.24) is 9.80 Å². The molecular weight excluding hydrogens is 482 g/mol. The Labute approximate surface area is 224 Å². The molecule has 3 amide bonds. The number of allylic oxidation sites excluding steroid dienone is 1. The largest absolute Gasteiger partial charge is 0.508 e. The van der Waals surface area contributed by atoms with E-state index < -0.39 is 23.0 Å². The molecule has 1 saturated heterocycles. The number of ketones is 1. The van der Waals surface area contributed by atoms with E-state index in [0.717, 1.165) is 30.0 Å². The first-order chi connectivity index (χ1) is 17.9. The SMILES string of the molecule is CC(=O)/C=C(\C(C)C)C12CC(C(=O)N(Cc3ccc(O)cc3)C(N)=O)CCC1(O)C1C(CN1CC1CC1)C2. The molecule has 5 unspecified atom stereocenters. The summed E-state index contributed by atoms with van der Waals surface area (Å²) in [6, 6.07) is 5.57. The minimum absolute atomic E-state index is 0.0168. The number of carbonyl (C=O) groups is 3. The molecule has 5 atom stereocenters. The van der Waals surface area contributed by atoms with Crippen LogP contribution in [0.1, 0.15) is 64.9 Å². The monoisotopic (exact) mass is 523 g/mol. The Morgan fingerprint density at radius 2 is 1.84 bits per heavy atom. The number of primary amides is 1. The second-order valence-electron chi connectivity index (χ2n) is 12.5. The normalized spacial score (nSPS) is 32.9. The van der Waals surface area contributed by atoms with E-state index in [1.54, 1.807) is 25.1 Å². The number of hydrogen-bond acceptors (Lipinski definition) is 6. The highest BCUT2D eigenvalue weighted by Crippen LogP contribution is 2.67. The van der Waals surface area contributed by atoms with Crippen LogP contribution in [0.15, 0.2) is 35.9 Å². The Morgan fingerprint density at radius 3 is 2.42 bits per heavy atom. The molecule has 0 radical (unpaired) electrons. The number of benzene rings is 1. The number of carbonyl (C=O) groups excluding carboxylic acids is 3. The van der Waals surface area contributed by atoms with Gasteiger partial charge in [0.2, 0.25) is 5.91 Å². The molecule has 1 aromatic carbocycles. The molecule has 4 fully saturated rings. The van der Waals surface area contributed by atoms with Gasteiger partial charge in [0.1, 0.15) is 5.75 Å². The maximum absolute atomic E-state index is 13.9. The Kier molecular flexibility index (Phi) is 6.93. The maximum atomic E-state index is 13.9. The fraction of sp³-hybridized carbons (Fsp3) is 0.633. The second-order valence-corrected chi connectivity index (χ2v) is 12.5. The van der Waals surface area contributed by atoms with Crippen LogP contribution in [0.25, 0.3) is 0 Å². The molecule has 0 aromatic heterocycles. The number of likely N-dealkylation sites (tertiary alicyclic amines) is 1. The lowest BCUT2D eigenvalue weighted by Crippen LogP contribution is -2.67. The van der Waals surface area contributed by atoms with Gasteiger partial charge in [0, 0.05) is 30.5 Å². The lowest BCUT2D eigenvalue weighted by atomic mass is 9.55. The van der Waals surface area contributed by atoms with Gasteiger partial charge in [-0.15, -0.1) is 0 Å². The number of fused-ring (bicyclic) bond motifs is 3. The number of imide groups is 1. The van der Waals surface area contributed by atoms with Crippen LogP contribution >= 0.6 is 0 Å². The predicted molar refractivity (Wildman–Crippen MR) is 143 cm³/mol. The van der Waals surface area contributed by atoms with E-state index in [4.69, 9.17) is 5.73 Å². The molecule has 1 aliphatic heterocycles. The fourth-order valence-corrected chi connectivity index (χ4v) is 7.88. The van der Waals surface area contributed by atoms with Gasteiger partial charge in [0.15, 0.2) is 5.78 Å². The Morgan fingerprint density at radius 1 is 1.16 bits per heavy atom. The molecule has 3 saturated carbocycles. The number of aromatic hydroxyl groups is 1. The first-order valence-electron chi connectivity index (χ1n) is 14.0. The van der Waals surface area contributed by atoms with E-state index in [1.165, 1.54) is 25.0 Å². The third-order valence-corrected chi connectivity index (χ3v) is 9.59. The van der Waals surface area contributed by atoms with Gasteiger partial charge in [-0.05, 0) is 87.0 Å². The third-order valence-electron chi connectivity index (χ3n) is 9.59. The summed E-state index contributed by atoms with van der Waals surface area (Å²) in [6.07, 6.45) is 6.23. The number of phenolic OH excluding ortho intramolecular Hbond substituents is 1. The Balaban J connectivity index is 1.47. The van der Waals surface area contributed by atoms with Crippen LogP contribution in [0.4, 0.5) is 4.79 Å². The summed E-state index contributed by atoms with van der Waals surface area (Å²) in [5.41, 5.74) is 5.57. The van der Waals surface area contributed by atoms with E-state index in [2.05, 4.69) is 18.7 Å². The van der Waals surface area contributed by atoms with Crippen molar-refractivity contribution in [3.05, 3.63) is 41.5 Å². The van der Waals surface area contributed by atoms with Gasteiger partial charge < -0.3 is 15.9 Å². The van der Waals surface area contributed by atoms with Gasteiger partial charge in [-0.2, -0.15) is 0 Å². The number of hydrogen-bond donors (Lipinski definition) is 3. The quantitative estimate of drug-likeness (QED) is 0.447. The predicted octanol–water partition coefficient (Wildman–Crippen LogP) is 3.60. The highest BCUT2D eigenvalue weighted by molar-refractivity contribution is 5.95. The minimum atomic E-state index is -1.03. The Bertz CT molecular complexity index is 1140. The number of phenols is 1. The van der Waals surface area contributed by atoms with Crippen LogP contribution in [0.2, 0.25) is 0 Å². The molecular formula is C30H41N3O5. The van der Waals surface area contributed by atoms with Crippen LogP contribution in [0, 0.1) is 29.1 Å². The average Bonchev–Trinajstić information content (AvgIpc) is 3.62. The number of nitrogens with zero attached hydrogens (tertiary/aromatic N) is 2. The van der Waals surface area contributed by atoms with E-state index in [9.17, 15) is 24.6 Å². The summed E-state index contributed by atoms with van der Waals surface area (Å²) < 4.78 is 0. The highest BCUT2D eigenvalue weighted by atomic mass is 16.3. The standard InChI is InChI=1S/C30H41N3O5/c1-18(2)25(12-19(3)34)29-13-22(27(36)33(28(31)37)16-21-6-8-24(35)9-7-21)10-11-30(29,38)26-23(14-29)17-32(26)15-20-4-5-20/h6-9,12,18,20,22-23,26,35,38H,4-5,10-11,13-17H2,1-3H3,(H2,31,37)/b25-12+. The van der Waals surface area contributed by atoms with Crippen LogP contribution in [0.5, 0.6) is 5.75 Å². The van der Waals surface area contributed by atoms with Crippen molar-refractivity contribution < 1.29 is 24.6 Å². The number of aliphatic hydroxyl groups is 1. The molecule has 38 heavy (non-hydrogen) atoms. The number of amides is 3. The average molecular weight is 524 g/mol. The summed E-state index contributed by atoms with van der Waals surface area (Å²) >= 11 is 0. The van der Waals surface area contributed by atoms with Crippen molar-refractivity contribution in [3.63, 3.8) is 0 Å². The Hall–Kier alpha value is -2.71. The molecule has 1 heterocycles. The van der Waals surface area contributed by atoms with Crippen molar-refractivity contribution in [2.45, 2.75) is 77.5 Å². The van der Waals surface area contributed by atoms with Crippen LogP contribution in [-0.2, 0) is 16.1 Å². The molecule has 1 aromatic rings. The molecule has 206 valence electrons. The van der Waals surface area contributed by atoms with Crippen molar-refractivity contribution in [2.24, 2.45) is 34.8 Å². The molecule has 4 aliphatic rings. The van der Waals surface area contributed by atoms with Crippen LogP contribution < -0.4 is 5.73 Å². The van der Waals surface area contributed by atoms with Crippen molar-refractivity contribution in [2.75, 3.05) is 13.1 Å². The first-order valence-corrected chi connectivity index (χ1v) is 14.0.